The average molecular weight is 183 g/mol. The summed E-state index contributed by atoms with van der Waals surface area (Å²) in [6, 6.07) is 0. The molecule has 0 bridgehead atoms. The molecule has 0 saturated heterocycles. The van der Waals surface area contributed by atoms with Crippen molar-refractivity contribution in [3.8, 4) is 0 Å². The lowest BCUT2D eigenvalue weighted by Crippen LogP contribution is -2.20. The van der Waals surface area contributed by atoms with Crippen molar-refractivity contribution in [3.63, 3.8) is 0 Å². The summed E-state index contributed by atoms with van der Waals surface area (Å²) < 4.78 is 4.83. The van der Waals surface area contributed by atoms with Gasteiger partial charge in [-0.25, -0.2) is 4.79 Å². The fourth-order valence-corrected chi connectivity index (χ4v) is 1.08. The van der Waals surface area contributed by atoms with Crippen LogP contribution >= 0.6 is 0 Å². The molecular formula is C8H13N3O2. The molecule has 0 aliphatic rings. The number of esters is 1. The molecule has 0 spiro atoms. The Morgan fingerprint density at radius 2 is 2.38 bits per heavy atom. The highest BCUT2D eigenvalue weighted by Crippen LogP contribution is 2.08. The van der Waals surface area contributed by atoms with Crippen LogP contribution in [0.4, 0.5) is 0 Å². The summed E-state index contributed by atoms with van der Waals surface area (Å²) in [4.78, 5) is 12.4. The molecule has 0 amide bonds. The molecule has 0 unspecified atom stereocenters. The second kappa shape index (κ2) is 3.93. The van der Waals surface area contributed by atoms with Gasteiger partial charge < -0.3 is 10.6 Å². The van der Waals surface area contributed by atoms with Crippen LogP contribution in [-0.2, 0) is 11.2 Å². The van der Waals surface area contributed by atoms with Crippen molar-refractivity contribution in [1.82, 2.24) is 9.89 Å². The van der Waals surface area contributed by atoms with Gasteiger partial charge in [-0.15, -0.1) is 0 Å². The predicted molar refractivity (Wildman–Crippen MR) is 47.7 cm³/mol. The van der Waals surface area contributed by atoms with Crippen molar-refractivity contribution in [2.45, 2.75) is 20.3 Å². The smallest absolute Gasteiger partial charge is 0.359 e. The van der Waals surface area contributed by atoms with Gasteiger partial charge in [0.2, 0.25) is 0 Å². The Bertz CT molecular complexity index is 306. The topological polar surface area (TPSA) is 70.1 Å². The van der Waals surface area contributed by atoms with Gasteiger partial charge in [0.05, 0.1) is 12.8 Å². The number of nitrogens with zero attached hydrogens (tertiary/aromatic N) is 2. The number of nitrogens with two attached hydrogens (primary N) is 1. The first-order chi connectivity index (χ1) is 6.20. The molecule has 0 aliphatic heterocycles. The van der Waals surface area contributed by atoms with Crippen molar-refractivity contribution in [2.24, 2.45) is 0 Å². The largest absolute Gasteiger partial charge is 0.461 e. The van der Waals surface area contributed by atoms with Gasteiger partial charge in [0.15, 0.2) is 5.69 Å². The molecule has 0 aromatic carbocycles. The minimum Gasteiger partial charge on any atom is -0.461 e. The summed E-state index contributed by atoms with van der Waals surface area (Å²) in [5.41, 5.74) is 1.14. The molecule has 1 rings (SSSR count). The third kappa shape index (κ3) is 1.80. The van der Waals surface area contributed by atoms with Gasteiger partial charge in [0.1, 0.15) is 0 Å². The summed E-state index contributed by atoms with van der Waals surface area (Å²) in [5, 5.41) is 3.78. The Kier molecular flexibility index (Phi) is 2.89. The monoisotopic (exact) mass is 183 g/mol. The predicted octanol–water partition coefficient (Wildman–Crippen LogP) is 0.336. The van der Waals surface area contributed by atoms with Crippen LogP contribution in [0.2, 0.25) is 0 Å². The SMILES string of the molecule is CCOC(=O)c1c(CC)cnn1N. The van der Waals surface area contributed by atoms with Gasteiger partial charge in [-0.2, -0.15) is 9.89 Å². The fraction of sp³-hybridized carbons (Fsp3) is 0.500. The Hall–Kier alpha value is -1.52. The van der Waals surface area contributed by atoms with Crippen LogP contribution in [0.5, 0.6) is 0 Å². The fourth-order valence-electron chi connectivity index (χ4n) is 1.08. The molecule has 5 heteroatoms. The Morgan fingerprint density at radius 3 is 2.92 bits per heavy atom. The molecule has 0 atom stereocenters. The van der Waals surface area contributed by atoms with E-state index >= 15 is 0 Å². The molecule has 0 saturated carbocycles. The molecular weight excluding hydrogens is 170 g/mol. The number of aromatic nitrogens is 2. The van der Waals surface area contributed by atoms with E-state index in [-0.39, 0.29) is 0 Å². The molecule has 5 nitrogen and oxygen atoms in total. The highest BCUT2D eigenvalue weighted by molar-refractivity contribution is 5.89. The van der Waals surface area contributed by atoms with E-state index in [0.29, 0.717) is 18.7 Å². The van der Waals surface area contributed by atoms with Crippen LogP contribution < -0.4 is 5.84 Å². The second-order valence-electron chi connectivity index (χ2n) is 2.54. The van der Waals surface area contributed by atoms with Crippen LogP contribution in [0.15, 0.2) is 6.20 Å². The number of hydrogen-bond donors (Lipinski definition) is 1. The first-order valence-corrected chi connectivity index (χ1v) is 4.19. The lowest BCUT2D eigenvalue weighted by molar-refractivity contribution is 0.0513. The van der Waals surface area contributed by atoms with E-state index < -0.39 is 5.97 Å². The summed E-state index contributed by atoms with van der Waals surface area (Å²) in [5.74, 6) is 5.04. The third-order valence-electron chi connectivity index (χ3n) is 1.72. The highest BCUT2D eigenvalue weighted by Gasteiger charge is 2.16. The van der Waals surface area contributed by atoms with Crippen LogP contribution in [0.1, 0.15) is 29.9 Å². The minimum absolute atomic E-state index is 0.337. The summed E-state index contributed by atoms with van der Waals surface area (Å²) in [6.45, 7) is 4.02. The molecule has 0 radical (unpaired) electrons. The molecule has 72 valence electrons. The first kappa shape index (κ1) is 9.57. The summed E-state index contributed by atoms with van der Waals surface area (Å²) >= 11 is 0. The zero-order valence-corrected chi connectivity index (χ0v) is 7.78. The van der Waals surface area contributed by atoms with Gasteiger partial charge >= 0.3 is 5.97 Å². The molecule has 1 heterocycles. The van der Waals surface area contributed by atoms with Crippen molar-refractivity contribution in [3.05, 3.63) is 17.5 Å². The van der Waals surface area contributed by atoms with Crippen molar-refractivity contribution in [2.75, 3.05) is 12.4 Å². The number of hydrogen-bond acceptors (Lipinski definition) is 4. The van der Waals surface area contributed by atoms with E-state index in [0.717, 1.165) is 10.4 Å². The van der Waals surface area contributed by atoms with E-state index in [2.05, 4.69) is 5.10 Å². The number of carbonyl (C=O) groups excluding carboxylic acids is 1. The molecule has 1 aromatic heterocycles. The maximum Gasteiger partial charge on any atom is 0.359 e. The standard InChI is InChI=1S/C8H13N3O2/c1-3-6-5-10-11(9)7(6)8(12)13-4-2/h5H,3-4,9H2,1-2H3. The second-order valence-corrected chi connectivity index (χ2v) is 2.54. The zero-order valence-electron chi connectivity index (χ0n) is 7.78. The van der Waals surface area contributed by atoms with Gasteiger partial charge in [0.25, 0.3) is 0 Å². The Morgan fingerprint density at radius 1 is 1.69 bits per heavy atom. The summed E-state index contributed by atoms with van der Waals surface area (Å²) in [6.07, 6.45) is 2.29. The number of aryl methyl sites for hydroxylation is 1. The normalized spacial score (nSPS) is 10.0. The van der Waals surface area contributed by atoms with Crippen molar-refractivity contribution < 1.29 is 9.53 Å². The van der Waals surface area contributed by atoms with Crippen LogP contribution in [0.25, 0.3) is 0 Å². The number of nitrogen functional groups attached to an aromatic ring is 1. The molecule has 2 N–H and O–H groups in total. The Labute approximate surface area is 76.4 Å². The van der Waals surface area contributed by atoms with Crippen LogP contribution in [-0.4, -0.2) is 22.5 Å². The van der Waals surface area contributed by atoms with Gasteiger partial charge in [-0.1, -0.05) is 6.92 Å². The van der Waals surface area contributed by atoms with E-state index in [9.17, 15) is 4.79 Å². The van der Waals surface area contributed by atoms with E-state index in [1.807, 2.05) is 6.92 Å². The number of ether oxygens (including phenoxy) is 1. The number of rotatable bonds is 3. The van der Waals surface area contributed by atoms with Gasteiger partial charge in [-0.05, 0) is 13.3 Å². The van der Waals surface area contributed by atoms with Crippen molar-refractivity contribution >= 4 is 5.97 Å². The van der Waals surface area contributed by atoms with Crippen LogP contribution in [0, 0.1) is 0 Å². The van der Waals surface area contributed by atoms with Gasteiger partial charge in [0, 0.05) is 5.56 Å². The molecule has 0 fully saturated rings. The maximum atomic E-state index is 11.3. The lowest BCUT2D eigenvalue weighted by Gasteiger charge is -2.03. The third-order valence-corrected chi connectivity index (χ3v) is 1.72. The lowest BCUT2D eigenvalue weighted by atomic mass is 10.2. The highest BCUT2D eigenvalue weighted by atomic mass is 16.5. The minimum atomic E-state index is -0.417. The van der Waals surface area contributed by atoms with E-state index in [4.69, 9.17) is 10.6 Å². The van der Waals surface area contributed by atoms with E-state index in [1.165, 1.54) is 0 Å². The maximum absolute atomic E-state index is 11.3. The zero-order chi connectivity index (χ0) is 9.84. The van der Waals surface area contributed by atoms with Gasteiger partial charge in [-0.3, -0.25) is 0 Å². The number of carbonyl (C=O) groups is 1. The van der Waals surface area contributed by atoms with E-state index in [1.54, 1.807) is 13.1 Å². The molecule has 13 heavy (non-hydrogen) atoms. The quantitative estimate of drug-likeness (QED) is 0.541. The molecule has 0 aliphatic carbocycles. The van der Waals surface area contributed by atoms with Crippen LogP contribution in [0.3, 0.4) is 0 Å². The average Bonchev–Trinajstić information content (AvgIpc) is 2.47. The molecule has 1 aromatic rings. The Balaban J connectivity index is 2.96. The first-order valence-electron chi connectivity index (χ1n) is 4.19. The van der Waals surface area contributed by atoms with Crippen molar-refractivity contribution in [1.29, 1.82) is 0 Å². The summed E-state index contributed by atoms with van der Waals surface area (Å²) in [7, 11) is 0.